The summed E-state index contributed by atoms with van der Waals surface area (Å²) in [7, 11) is 0. The first-order valence-corrected chi connectivity index (χ1v) is 6.05. The van der Waals surface area contributed by atoms with Crippen molar-refractivity contribution in [2.75, 3.05) is 11.5 Å². The van der Waals surface area contributed by atoms with Gasteiger partial charge in [0, 0.05) is 0 Å². The van der Waals surface area contributed by atoms with Gasteiger partial charge >= 0.3 is 0 Å². The molecule has 0 atom stereocenters. The van der Waals surface area contributed by atoms with Gasteiger partial charge in [0.1, 0.15) is 11.5 Å². The molecule has 2 aromatic carbocycles. The Labute approximate surface area is 112 Å². The van der Waals surface area contributed by atoms with Crippen molar-refractivity contribution in [1.82, 2.24) is 0 Å². The van der Waals surface area contributed by atoms with Gasteiger partial charge in [-0.15, -0.1) is 0 Å². The highest BCUT2D eigenvalue weighted by atomic mass is 16.3. The first-order chi connectivity index (χ1) is 8.91. The minimum atomic E-state index is 0.100. The summed E-state index contributed by atoms with van der Waals surface area (Å²) >= 11 is 0. The Morgan fingerprint density at radius 2 is 1.16 bits per heavy atom. The number of hydrogen-bond donors (Lipinski definition) is 4. The summed E-state index contributed by atoms with van der Waals surface area (Å²) < 4.78 is 0. The van der Waals surface area contributed by atoms with Crippen molar-refractivity contribution in [3.63, 3.8) is 0 Å². The molecule has 19 heavy (non-hydrogen) atoms. The molecule has 0 spiro atoms. The molecule has 0 aliphatic rings. The molecular formula is C15H18N2O2. The van der Waals surface area contributed by atoms with Gasteiger partial charge in [-0.1, -0.05) is 12.1 Å². The Morgan fingerprint density at radius 3 is 1.53 bits per heavy atom. The van der Waals surface area contributed by atoms with Gasteiger partial charge in [-0.3, -0.25) is 0 Å². The SMILES string of the molecule is Cc1c(Cc2ccc(O)c(N)c2C)ccc(O)c1N. The monoisotopic (exact) mass is 258 g/mol. The van der Waals surface area contributed by atoms with Crippen LogP contribution in [0.25, 0.3) is 0 Å². The van der Waals surface area contributed by atoms with Gasteiger partial charge in [0.15, 0.2) is 0 Å². The van der Waals surface area contributed by atoms with Crippen LogP contribution in [0.2, 0.25) is 0 Å². The Bertz CT molecular complexity index is 581. The van der Waals surface area contributed by atoms with Gasteiger partial charge in [-0.25, -0.2) is 0 Å². The van der Waals surface area contributed by atoms with Crippen molar-refractivity contribution in [2.45, 2.75) is 20.3 Å². The zero-order valence-electron chi connectivity index (χ0n) is 11.1. The fourth-order valence-electron chi connectivity index (χ4n) is 2.11. The first-order valence-electron chi connectivity index (χ1n) is 6.05. The van der Waals surface area contributed by atoms with Crippen molar-refractivity contribution in [1.29, 1.82) is 0 Å². The summed E-state index contributed by atoms with van der Waals surface area (Å²) in [6, 6.07) is 6.89. The van der Waals surface area contributed by atoms with Crippen molar-refractivity contribution >= 4 is 11.4 Å². The molecule has 0 radical (unpaired) electrons. The predicted octanol–water partition coefficient (Wildman–Crippen LogP) is 2.47. The fraction of sp³-hybridized carbons (Fsp3) is 0.200. The summed E-state index contributed by atoms with van der Waals surface area (Å²) in [5.74, 6) is 0.200. The number of nitrogen functional groups attached to an aromatic ring is 2. The van der Waals surface area contributed by atoms with Crippen LogP contribution in [-0.4, -0.2) is 10.2 Å². The average molecular weight is 258 g/mol. The largest absolute Gasteiger partial charge is 0.506 e. The van der Waals surface area contributed by atoms with E-state index < -0.39 is 0 Å². The second-order valence-corrected chi connectivity index (χ2v) is 4.74. The summed E-state index contributed by atoms with van der Waals surface area (Å²) in [6.07, 6.45) is 0.659. The molecule has 0 bridgehead atoms. The lowest BCUT2D eigenvalue weighted by Crippen LogP contribution is -2.01. The van der Waals surface area contributed by atoms with Gasteiger partial charge in [0.2, 0.25) is 0 Å². The molecule has 0 heterocycles. The number of phenols is 2. The molecule has 0 saturated carbocycles. The van der Waals surface area contributed by atoms with Crippen LogP contribution in [-0.2, 0) is 6.42 Å². The first kappa shape index (κ1) is 13.1. The topological polar surface area (TPSA) is 92.5 Å². The highest BCUT2D eigenvalue weighted by Gasteiger charge is 2.10. The van der Waals surface area contributed by atoms with Crippen LogP contribution in [0, 0.1) is 13.8 Å². The predicted molar refractivity (Wildman–Crippen MR) is 77.3 cm³/mol. The van der Waals surface area contributed by atoms with Crippen LogP contribution in [0.4, 0.5) is 11.4 Å². The lowest BCUT2D eigenvalue weighted by atomic mass is 9.95. The van der Waals surface area contributed by atoms with Crippen LogP contribution in [0.1, 0.15) is 22.3 Å². The zero-order valence-corrected chi connectivity index (χ0v) is 11.1. The van der Waals surface area contributed by atoms with E-state index in [2.05, 4.69) is 0 Å². The molecule has 0 saturated heterocycles. The Kier molecular flexibility index (Phi) is 3.25. The van der Waals surface area contributed by atoms with Gasteiger partial charge in [0.25, 0.3) is 0 Å². The Morgan fingerprint density at radius 1 is 0.789 bits per heavy atom. The summed E-state index contributed by atoms with van der Waals surface area (Å²) in [5, 5.41) is 19.1. The normalized spacial score (nSPS) is 10.6. The average Bonchev–Trinajstić information content (AvgIpc) is 2.39. The second-order valence-electron chi connectivity index (χ2n) is 4.74. The van der Waals surface area contributed by atoms with E-state index in [0.717, 1.165) is 22.3 Å². The van der Waals surface area contributed by atoms with E-state index in [1.165, 1.54) is 0 Å². The molecule has 0 amide bonds. The fourth-order valence-corrected chi connectivity index (χ4v) is 2.11. The van der Waals surface area contributed by atoms with Crippen molar-refractivity contribution in [2.24, 2.45) is 0 Å². The van der Waals surface area contributed by atoms with Crippen LogP contribution >= 0.6 is 0 Å². The van der Waals surface area contributed by atoms with Crippen LogP contribution in [0.3, 0.4) is 0 Å². The standard InChI is InChI=1S/C15H18N2O2/c1-8-10(3-5-12(18)14(8)16)7-11-4-6-13(19)15(17)9(11)2/h3-6,18-19H,7,16-17H2,1-2H3. The number of hydrogen-bond acceptors (Lipinski definition) is 4. The van der Waals surface area contributed by atoms with E-state index in [9.17, 15) is 10.2 Å². The van der Waals surface area contributed by atoms with E-state index in [0.29, 0.717) is 17.8 Å². The van der Waals surface area contributed by atoms with Crippen LogP contribution < -0.4 is 11.5 Å². The summed E-state index contributed by atoms with van der Waals surface area (Å²) in [5.41, 5.74) is 16.2. The highest BCUT2D eigenvalue weighted by molar-refractivity contribution is 5.63. The molecule has 2 aromatic rings. The smallest absolute Gasteiger partial charge is 0.138 e. The van der Waals surface area contributed by atoms with Crippen molar-refractivity contribution in [3.05, 3.63) is 46.5 Å². The van der Waals surface area contributed by atoms with E-state index in [-0.39, 0.29) is 11.5 Å². The number of phenolic OH excluding ortho intramolecular Hbond substituents is 2. The second kappa shape index (κ2) is 4.72. The van der Waals surface area contributed by atoms with Gasteiger partial charge in [-0.05, 0) is 54.7 Å². The molecule has 0 fully saturated rings. The number of nitrogens with two attached hydrogens (primary N) is 2. The maximum atomic E-state index is 9.55. The maximum absolute atomic E-state index is 9.55. The third-order valence-electron chi connectivity index (χ3n) is 3.59. The van der Waals surface area contributed by atoms with Crippen molar-refractivity contribution in [3.8, 4) is 11.5 Å². The molecule has 6 N–H and O–H groups in total. The Balaban J connectivity index is 2.43. The molecule has 4 heteroatoms. The highest BCUT2D eigenvalue weighted by Crippen LogP contribution is 2.31. The Hall–Kier alpha value is -2.36. The molecule has 100 valence electrons. The lowest BCUT2D eigenvalue weighted by molar-refractivity contribution is 0.477. The molecule has 0 unspecified atom stereocenters. The molecule has 0 aromatic heterocycles. The van der Waals surface area contributed by atoms with E-state index >= 15 is 0 Å². The quantitative estimate of drug-likeness (QED) is 0.492. The van der Waals surface area contributed by atoms with Crippen LogP contribution in [0.15, 0.2) is 24.3 Å². The molecule has 4 nitrogen and oxygen atoms in total. The van der Waals surface area contributed by atoms with Crippen molar-refractivity contribution < 1.29 is 10.2 Å². The number of rotatable bonds is 2. The number of aromatic hydroxyl groups is 2. The van der Waals surface area contributed by atoms with Gasteiger partial charge in [-0.2, -0.15) is 0 Å². The van der Waals surface area contributed by atoms with Crippen LogP contribution in [0.5, 0.6) is 11.5 Å². The molecule has 0 aliphatic heterocycles. The third-order valence-corrected chi connectivity index (χ3v) is 3.59. The lowest BCUT2D eigenvalue weighted by Gasteiger charge is -2.13. The summed E-state index contributed by atoms with van der Waals surface area (Å²) in [6.45, 7) is 3.76. The molecular weight excluding hydrogens is 240 g/mol. The van der Waals surface area contributed by atoms with E-state index in [4.69, 9.17) is 11.5 Å². The molecule has 2 rings (SSSR count). The zero-order chi connectivity index (χ0) is 14.2. The minimum Gasteiger partial charge on any atom is -0.506 e. The number of anilines is 2. The van der Waals surface area contributed by atoms with Gasteiger partial charge < -0.3 is 21.7 Å². The third kappa shape index (κ3) is 2.29. The maximum Gasteiger partial charge on any atom is 0.138 e. The minimum absolute atomic E-state index is 0.100. The molecule has 0 aliphatic carbocycles. The van der Waals surface area contributed by atoms with Gasteiger partial charge in [0.05, 0.1) is 11.4 Å². The van der Waals surface area contributed by atoms with E-state index in [1.54, 1.807) is 12.1 Å². The van der Waals surface area contributed by atoms with E-state index in [1.807, 2.05) is 26.0 Å². The summed E-state index contributed by atoms with van der Waals surface area (Å²) in [4.78, 5) is 0. The number of benzene rings is 2.